The first-order valence-corrected chi connectivity index (χ1v) is 5.05. The summed E-state index contributed by atoms with van der Waals surface area (Å²) in [5, 5.41) is 0. The summed E-state index contributed by atoms with van der Waals surface area (Å²) in [5.41, 5.74) is 0.893. The summed E-state index contributed by atoms with van der Waals surface area (Å²) in [5.74, 6) is 6.02. The molecule has 0 fully saturated rings. The second kappa shape index (κ2) is 2.72. The van der Waals surface area contributed by atoms with E-state index in [1.807, 2.05) is 0 Å². The molecule has 62 valence electrons. The fourth-order valence-corrected chi connectivity index (χ4v) is 2.61. The Morgan fingerprint density at radius 1 is 1.58 bits per heavy atom. The average Bonchev–Trinajstić information content (AvgIpc) is 2.25. The average molecular weight is 340 g/mol. The predicted octanol–water partition coefficient (Wildman–Crippen LogP) is 1.60. The first kappa shape index (κ1) is 8.54. The monoisotopic (exact) mass is 339 g/mol. The smallest absolute Gasteiger partial charge is 0.253 e. The molecule has 0 aromatic rings. The van der Waals surface area contributed by atoms with Crippen LogP contribution in [0.1, 0.15) is 0 Å². The quantitative estimate of drug-likeness (QED) is 0.310. The summed E-state index contributed by atoms with van der Waals surface area (Å²) < 4.78 is 1.65. The van der Waals surface area contributed by atoms with Crippen molar-refractivity contribution in [2.45, 2.75) is 0 Å². The molecule has 0 aromatic heterocycles. The number of nitrogens with zero attached hydrogens (tertiary/aromatic N) is 3. The van der Waals surface area contributed by atoms with E-state index in [-0.39, 0.29) is 4.59 Å². The molecule has 2 aliphatic rings. The molecule has 2 heterocycles. The van der Waals surface area contributed by atoms with E-state index in [1.165, 1.54) is 0 Å². The van der Waals surface area contributed by atoms with Crippen molar-refractivity contribution < 1.29 is 4.59 Å². The molecular weight excluding hydrogens is 335 g/mol. The summed E-state index contributed by atoms with van der Waals surface area (Å²) in [6.45, 7) is 0. The summed E-state index contributed by atoms with van der Waals surface area (Å²) >= 11 is 5.45. The molecule has 0 aromatic carbocycles. The number of hydrogen-bond acceptors (Lipinski definition) is 3. The molecule has 0 spiro atoms. The third-order valence-corrected chi connectivity index (χ3v) is 3.25. The topological polar surface area (TPSA) is 50.7 Å². The lowest BCUT2D eigenvalue weighted by molar-refractivity contribution is -0.746. The SMILES string of the molecule is N[N+]12C=CN=CC1=C(I)N=C2Br. The van der Waals surface area contributed by atoms with Gasteiger partial charge in [0.2, 0.25) is 5.70 Å². The summed E-state index contributed by atoms with van der Waals surface area (Å²) in [6, 6.07) is 0. The highest BCUT2D eigenvalue weighted by molar-refractivity contribution is 14.1. The van der Waals surface area contributed by atoms with E-state index < -0.39 is 0 Å². The van der Waals surface area contributed by atoms with Crippen molar-refractivity contribution in [3.05, 3.63) is 21.8 Å². The second-order valence-corrected chi connectivity index (χ2v) is 4.14. The Morgan fingerprint density at radius 3 is 3.00 bits per heavy atom. The Labute approximate surface area is 91.4 Å². The fraction of sp³-hybridized carbons (Fsp3) is 0. The van der Waals surface area contributed by atoms with Gasteiger partial charge >= 0.3 is 4.74 Å². The zero-order valence-corrected chi connectivity index (χ0v) is 9.65. The van der Waals surface area contributed by atoms with Crippen molar-refractivity contribution in [2.75, 3.05) is 0 Å². The van der Waals surface area contributed by atoms with Crippen molar-refractivity contribution in [1.29, 1.82) is 0 Å². The lowest BCUT2D eigenvalue weighted by atomic mass is 10.4. The number of aliphatic imine (C=N–C) groups is 2. The van der Waals surface area contributed by atoms with Crippen molar-refractivity contribution in [3.8, 4) is 0 Å². The van der Waals surface area contributed by atoms with Gasteiger partial charge in [0.25, 0.3) is 0 Å². The number of allylic oxidation sites excluding steroid dienone is 1. The first-order valence-electron chi connectivity index (χ1n) is 3.18. The minimum absolute atomic E-state index is 0.0990. The zero-order valence-electron chi connectivity index (χ0n) is 5.91. The standard InChI is InChI=1S/C6H5BrIN4/c7-6-11-5(8)4-3-10-1-2-12(4,6)9/h1-3H,9H2/q+1. The largest absolute Gasteiger partial charge is 0.301 e. The van der Waals surface area contributed by atoms with Crippen LogP contribution in [0.25, 0.3) is 0 Å². The van der Waals surface area contributed by atoms with Crippen LogP contribution in [0.2, 0.25) is 0 Å². The van der Waals surface area contributed by atoms with Crippen LogP contribution in [-0.4, -0.2) is 15.6 Å². The van der Waals surface area contributed by atoms with Gasteiger partial charge in [0.15, 0.2) is 3.70 Å². The highest BCUT2D eigenvalue weighted by Gasteiger charge is 2.41. The number of nitrogens with two attached hydrogens (primary N) is 1. The molecule has 12 heavy (non-hydrogen) atoms. The minimum atomic E-state index is 0.0990. The normalized spacial score (nSPS) is 32.4. The first-order chi connectivity index (χ1) is 5.64. The van der Waals surface area contributed by atoms with Crippen molar-refractivity contribution in [3.63, 3.8) is 0 Å². The number of halogens is 2. The third kappa shape index (κ3) is 1.02. The molecule has 2 N–H and O–H groups in total. The van der Waals surface area contributed by atoms with Crippen LogP contribution in [0.3, 0.4) is 0 Å². The minimum Gasteiger partial charge on any atom is -0.253 e. The molecule has 0 amide bonds. The molecule has 4 nitrogen and oxygen atoms in total. The molecule has 2 rings (SSSR count). The Balaban J connectivity index is 2.60. The van der Waals surface area contributed by atoms with Crippen LogP contribution in [0, 0.1) is 0 Å². The Morgan fingerprint density at radius 2 is 2.33 bits per heavy atom. The van der Waals surface area contributed by atoms with E-state index in [9.17, 15) is 0 Å². The zero-order chi connectivity index (χ0) is 8.77. The van der Waals surface area contributed by atoms with Crippen LogP contribution in [0.15, 0.2) is 31.8 Å². The third-order valence-electron chi connectivity index (χ3n) is 1.69. The molecule has 1 unspecified atom stereocenters. The maximum atomic E-state index is 6.02. The molecule has 6 heteroatoms. The fourth-order valence-electron chi connectivity index (χ4n) is 1.02. The number of quaternary nitrogens is 1. The van der Waals surface area contributed by atoms with E-state index in [4.69, 9.17) is 5.84 Å². The van der Waals surface area contributed by atoms with E-state index >= 15 is 0 Å². The van der Waals surface area contributed by atoms with Gasteiger partial charge in [0, 0.05) is 15.9 Å². The summed E-state index contributed by atoms with van der Waals surface area (Å²) in [7, 11) is 0. The van der Waals surface area contributed by atoms with Gasteiger partial charge < -0.3 is 0 Å². The molecule has 0 radical (unpaired) electrons. The Hall–Kier alpha value is -0.0500. The summed E-state index contributed by atoms with van der Waals surface area (Å²) in [6.07, 6.45) is 5.16. The van der Waals surface area contributed by atoms with E-state index in [0.717, 1.165) is 9.40 Å². The van der Waals surface area contributed by atoms with Gasteiger partial charge in [0.1, 0.15) is 6.20 Å². The van der Waals surface area contributed by atoms with Crippen LogP contribution < -0.4 is 5.84 Å². The summed E-state index contributed by atoms with van der Waals surface area (Å²) in [4.78, 5) is 8.20. The Kier molecular flexibility index (Phi) is 1.94. The van der Waals surface area contributed by atoms with Crippen LogP contribution in [0.5, 0.6) is 0 Å². The van der Waals surface area contributed by atoms with E-state index in [0.29, 0.717) is 4.74 Å². The molecule has 0 saturated carbocycles. The Bertz CT molecular complexity index is 357. The van der Waals surface area contributed by atoms with Crippen LogP contribution >= 0.6 is 38.5 Å². The lowest BCUT2D eigenvalue weighted by Crippen LogP contribution is -2.50. The highest BCUT2D eigenvalue weighted by atomic mass is 127. The van der Waals surface area contributed by atoms with Crippen molar-refractivity contribution >= 4 is 49.5 Å². The van der Waals surface area contributed by atoms with Crippen molar-refractivity contribution in [1.82, 2.24) is 0 Å². The number of rotatable bonds is 0. The van der Waals surface area contributed by atoms with E-state index in [2.05, 4.69) is 48.5 Å². The number of amidine groups is 1. The maximum absolute atomic E-state index is 6.02. The molecule has 2 aliphatic heterocycles. The van der Waals surface area contributed by atoms with Gasteiger partial charge in [-0.2, -0.15) is 10.8 Å². The van der Waals surface area contributed by atoms with Gasteiger partial charge in [-0.25, -0.2) is 0 Å². The van der Waals surface area contributed by atoms with Gasteiger partial charge in [-0.1, -0.05) is 0 Å². The van der Waals surface area contributed by atoms with Gasteiger partial charge in [-0.3, -0.25) is 4.99 Å². The molecule has 1 atom stereocenters. The maximum Gasteiger partial charge on any atom is 0.301 e. The van der Waals surface area contributed by atoms with Gasteiger partial charge in [-0.15, -0.1) is 4.59 Å². The molecule has 0 saturated heterocycles. The van der Waals surface area contributed by atoms with Gasteiger partial charge in [0.05, 0.1) is 12.4 Å². The van der Waals surface area contributed by atoms with Crippen LogP contribution in [-0.2, 0) is 0 Å². The van der Waals surface area contributed by atoms with Crippen molar-refractivity contribution in [2.24, 2.45) is 15.8 Å². The number of fused-ring (bicyclic) bond motifs is 1. The molecular formula is C6H5BrIN4+. The van der Waals surface area contributed by atoms with Gasteiger partial charge in [-0.05, 0) is 22.6 Å². The molecule has 0 bridgehead atoms. The lowest BCUT2D eigenvalue weighted by Gasteiger charge is -2.22. The van der Waals surface area contributed by atoms with E-state index in [1.54, 1.807) is 18.6 Å². The predicted molar refractivity (Wildman–Crippen MR) is 59.5 cm³/mol. The highest BCUT2D eigenvalue weighted by Crippen LogP contribution is 2.32. The second-order valence-electron chi connectivity index (χ2n) is 2.41. The number of hydrogen-bond donors (Lipinski definition) is 1. The molecule has 0 aliphatic carbocycles. The van der Waals surface area contributed by atoms with Crippen LogP contribution in [0.4, 0.5) is 0 Å².